The number of benzene rings is 2. The lowest BCUT2D eigenvalue weighted by Gasteiger charge is -2.09. The molecule has 4 nitrogen and oxygen atoms in total. The molecule has 0 amide bonds. The molecule has 0 spiro atoms. The van der Waals surface area contributed by atoms with Crippen LogP contribution in [0, 0.1) is 11.3 Å². The maximum Gasteiger partial charge on any atom is 0.121 e. The van der Waals surface area contributed by atoms with Gasteiger partial charge in [-0.1, -0.05) is 6.07 Å². The maximum absolute atomic E-state index is 8.84. The van der Waals surface area contributed by atoms with Gasteiger partial charge in [-0.3, -0.25) is 0 Å². The summed E-state index contributed by atoms with van der Waals surface area (Å²) in [6, 6.07) is 14.9. The average Bonchev–Trinajstić information content (AvgIpc) is 2.44. The van der Waals surface area contributed by atoms with E-state index >= 15 is 0 Å². The molecule has 0 heterocycles. The SMILES string of the molecule is N#Cc1ccc(NCCOc2cccc(N)c2)cc1Br. The number of ether oxygens (including phenoxy) is 1. The molecule has 0 radical (unpaired) electrons. The van der Waals surface area contributed by atoms with Gasteiger partial charge in [0.1, 0.15) is 18.4 Å². The van der Waals surface area contributed by atoms with Crippen LogP contribution in [-0.2, 0) is 0 Å². The first-order valence-corrected chi connectivity index (χ1v) is 6.90. The first kappa shape index (κ1) is 14.2. The van der Waals surface area contributed by atoms with Gasteiger partial charge in [0.05, 0.1) is 5.56 Å². The van der Waals surface area contributed by atoms with Crippen LogP contribution in [-0.4, -0.2) is 13.2 Å². The van der Waals surface area contributed by atoms with Gasteiger partial charge in [0.25, 0.3) is 0 Å². The minimum Gasteiger partial charge on any atom is -0.492 e. The Kier molecular flexibility index (Phi) is 4.85. The summed E-state index contributed by atoms with van der Waals surface area (Å²) in [6.45, 7) is 1.19. The molecule has 0 saturated carbocycles. The lowest BCUT2D eigenvalue weighted by atomic mass is 10.2. The molecule has 0 bridgehead atoms. The molecule has 0 fully saturated rings. The van der Waals surface area contributed by atoms with Crippen LogP contribution in [0.1, 0.15) is 5.56 Å². The van der Waals surface area contributed by atoms with Crippen molar-refractivity contribution in [3.63, 3.8) is 0 Å². The van der Waals surface area contributed by atoms with Crippen LogP contribution in [0.25, 0.3) is 0 Å². The highest BCUT2D eigenvalue weighted by molar-refractivity contribution is 9.10. The lowest BCUT2D eigenvalue weighted by molar-refractivity contribution is 0.333. The molecule has 3 N–H and O–H groups in total. The molecule has 2 aromatic rings. The zero-order valence-corrected chi connectivity index (χ0v) is 12.4. The smallest absolute Gasteiger partial charge is 0.121 e. The number of nitrogens with two attached hydrogens (primary N) is 1. The van der Waals surface area contributed by atoms with E-state index in [9.17, 15) is 0 Å². The average molecular weight is 332 g/mol. The quantitative estimate of drug-likeness (QED) is 0.650. The van der Waals surface area contributed by atoms with Gasteiger partial charge in [0.15, 0.2) is 0 Å². The van der Waals surface area contributed by atoms with Crippen LogP contribution < -0.4 is 15.8 Å². The van der Waals surface area contributed by atoms with Gasteiger partial charge < -0.3 is 15.8 Å². The van der Waals surface area contributed by atoms with E-state index in [1.54, 1.807) is 12.1 Å². The van der Waals surface area contributed by atoms with Crippen LogP contribution >= 0.6 is 15.9 Å². The van der Waals surface area contributed by atoms with Gasteiger partial charge in [-0.15, -0.1) is 0 Å². The summed E-state index contributed by atoms with van der Waals surface area (Å²) in [5, 5.41) is 12.1. The van der Waals surface area contributed by atoms with Crippen LogP contribution in [0.15, 0.2) is 46.9 Å². The number of anilines is 2. The van der Waals surface area contributed by atoms with E-state index in [2.05, 4.69) is 27.3 Å². The van der Waals surface area contributed by atoms with Crippen molar-refractivity contribution in [3.8, 4) is 11.8 Å². The third-order valence-corrected chi connectivity index (χ3v) is 3.30. The zero-order valence-electron chi connectivity index (χ0n) is 10.8. The number of nitrogens with one attached hydrogen (secondary N) is 1. The molecule has 0 aliphatic carbocycles. The molecule has 0 aliphatic rings. The van der Waals surface area contributed by atoms with E-state index in [1.807, 2.05) is 30.3 Å². The Morgan fingerprint density at radius 1 is 1.25 bits per heavy atom. The summed E-state index contributed by atoms with van der Waals surface area (Å²) in [5.41, 5.74) is 7.91. The Hall–Kier alpha value is -2.19. The highest BCUT2D eigenvalue weighted by Gasteiger charge is 2.00. The molecular formula is C15H14BrN3O. The van der Waals surface area contributed by atoms with Gasteiger partial charge in [0.2, 0.25) is 0 Å². The van der Waals surface area contributed by atoms with Gasteiger partial charge in [-0.05, 0) is 46.3 Å². The predicted octanol–water partition coefficient (Wildman–Crippen LogP) is 3.39. The molecule has 102 valence electrons. The van der Waals surface area contributed by atoms with Crippen molar-refractivity contribution in [2.45, 2.75) is 0 Å². The lowest BCUT2D eigenvalue weighted by Crippen LogP contribution is -2.11. The summed E-state index contributed by atoms with van der Waals surface area (Å²) in [7, 11) is 0. The fourth-order valence-electron chi connectivity index (χ4n) is 1.68. The van der Waals surface area contributed by atoms with Crippen molar-refractivity contribution < 1.29 is 4.74 Å². The van der Waals surface area contributed by atoms with E-state index in [0.717, 1.165) is 15.9 Å². The van der Waals surface area contributed by atoms with Crippen LogP contribution in [0.4, 0.5) is 11.4 Å². The van der Waals surface area contributed by atoms with Gasteiger partial charge >= 0.3 is 0 Å². The molecule has 0 unspecified atom stereocenters. The Bertz CT molecular complexity index is 637. The molecule has 20 heavy (non-hydrogen) atoms. The molecule has 0 atom stereocenters. The molecule has 2 aromatic carbocycles. The van der Waals surface area contributed by atoms with Crippen LogP contribution in [0.2, 0.25) is 0 Å². The van der Waals surface area contributed by atoms with E-state index in [0.29, 0.717) is 24.4 Å². The Morgan fingerprint density at radius 3 is 2.80 bits per heavy atom. The van der Waals surface area contributed by atoms with E-state index < -0.39 is 0 Å². The molecule has 5 heteroatoms. The monoisotopic (exact) mass is 331 g/mol. The number of halogens is 1. The van der Waals surface area contributed by atoms with Gasteiger partial charge in [-0.2, -0.15) is 5.26 Å². The maximum atomic E-state index is 8.84. The fourth-order valence-corrected chi connectivity index (χ4v) is 2.15. The molecule has 2 rings (SSSR count). The Balaban J connectivity index is 1.82. The summed E-state index contributed by atoms with van der Waals surface area (Å²) < 4.78 is 6.36. The summed E-state index contributed by atoms with van der Waals surface area (Å²) >= 11 is 3.35. The number of nitriles is 1. The second-order valence-corrected chi connectivity index (χ2v) is 5.01. The van der Waals surface area contributed by atoms with Crippen molar-refractivity contribution in [2.24, 2.45) is 0 Å². The van der Waals surface area contributed by atoms with Crippen molar-refractivity contribution >= 4 is 27.3 Å². The standard InChI is InChI=1S/C15H14BrN3O/c16-15-9-13(5-4-11(15)10-17)19-6-7-20-14-3-1-2-12(18)8-14/h1-5,8-9,19H,6-7,18H2. The Morgan fingerprint density at radius 2 is 2.10 bits per heavy atom. The van der Waals surface area contributed by atoms with Gasteiger partial charge in [-0.25, -0.2) is 0 Å². The summed E-state index contributed by atoms with van der Waals surface area (Å²) in [4.78, 5) is 0. The van der Waals surface area contributed by atoms with Crippen LogP contribution in [0.5, 0.6) is 5.75 Å². The fraction of sp³-hybridized carbons (Fsp3) is 0.133. The normalized spacial score (nSPS) is 9.80. The van der Waals surface area contributed by atoms with E-state index in [1.165, 1.54) is 0 Å². The van der Waals surface area contributed by atoms with E-state index in [4.69, 9.17) is 15.7 Å². The van der Waals surface area contributed by atoms with Crippen molar-refractivity contribution in [3.05, 3.63) is 52.5 Å². The zero-order chi connectivity index (χ0) is 14.4. The summed E-state index contributed by atoms with van der Waals surface area (Å²) in [6.07, 6.45) is 0. The second-order valence-electron chi connectivity index (χ2n) is 4.15. The minimum atomic E-state index is 0.529. The highest BCUT2D eigenvalue weighted by atomic mass is 79.9. The molecular weight excluding hydrogens is 318 g/mol. The van der Waals surface area contributed by atoms with Crippen molar-refractivity contribution in [1.82, 2.24) is 0 Å². The number of hydrogen-bond acceptors (Lipinski definition) is 4. The first-order chi connectivity index (χ1) is 9.69. The third-order valence-electron chi connectivity index (χ3n) is 2.65. The predicted molar refractivity (Wildman–Crippen MR) is 83.7 cm³/mol. The topological polar surface area (TPSA) is 71.1 Å². The van der Waals surface area contributed by atoms with Crippen molar-refractivity contribution in [1.29, 1.82) is 5.26 Å². The molecule has 0 aromatic heterocycles. The van der Waals surface area contributed by atoms with Crippen LogP contribution in [0.3, 0.4) is 0 Å². The second kappa shape index (κ2) is 6.83. The number of rotatable bonds is 5. The molecule has 0 saturated heterocycles. The number of nitrogen functional groups attached to an aromatic ring is 1. The largest absolute Gasteiger partial charge is 0.492 e. The Labute approximate surface area is 126 Å². The minimum absolute atomic E-state index is 0.529. The third kappa shape index (κ3) is 3.90. The summed E-state index contributed by atoms with van der Waals surface area (Å²) in [5.74, 6) is 0.757. The van der Waals surface area contributed by atoms with E-state index in [-0.39, 0.29) is 0 Å². The number of nitrogens with zero attached hydrogens (tertiary/aromatic N) is 1. The molecule has 0 aliphatic heterocycles. The van der Waals surface area contributed by atoms with Crippen molar-refractivity contribution in [2.75, 3.05) is 24.2 Å². The number of hydrogen-bond donors (Lipinski definition) is 2. The first-order valence-electron chi connectivity index (χ1n) is 6.11. The highest BCUT2D eigenvalue weighted by Crippen LogP contribution is 2.20. The van der Waals surface area contributed by atoms with Gasteiger partial charge in [0, 0.05) is 28.5 Å².